The third kappa shape index (κ3) is 4.98. The molecule has 5 nitrogen and oxygen atoms in total. The van der Waals surface area contributed by atoms with Gasteiger partial charge in [-0.3, -0.25) is 4.79 Å². The number of hydrogen-bond acceptors (Lipinski definition) is 4. The molecule has 0 spiro atoms. The molecule has 1 aromatic carbocycles. The molecule has 0 unspecified atom stereocenters. The maximum absolute atomic E-state index is 15.7. The van der Waals surface area contributed by atoms with Crippen LogP contribution in [0.5, 0.6) is 0 Å². The van der Waals surface area contributed by atoms with Gasteiger partial charge in [0.1, 0.15) is 17.3 Å². The number of carbonyl (C=O) groups excluding carboxylic acids is 1. The van der Waals surface area contributed by atoms with Crippen molar-refractivity contribution in [3.05, 3.63) is 58.4 Å². The highest BCUT2D eigenvalue weighted by atomic mass is 35.5. The second-order valence-electron chi connectivity index (χ2n) is 7.83. The van der Waals surface area contributed by atoms with Gasteiger partial charge < -0.3 is 10.2 Å². The summed E-state index contributed by atoms with van der Waals surface area (Å²) in [5.74, 6) is -1.05. The Balaban J connectivity index is 1.70. The van der Waals surface area contributed by atoms with E-state index in [0.717, 1.165) is 11.6 Å². The molecular formula is C19H17B4ClF2N4O. The van der Waals surface area contributed by atoms with Gasteiger partial charge in [-0.25, -0.2) is 18.7 Å². The number of carbonyl (C=O) groups is 1. The van der Waals surface area contributed by atoms with E-state index in [1.165, 1.54) is 29.4 Å². The van der Waals surface area contributed by atoms with E-state index in [1.807, 2.05) is 0 Å². The van der Waals surface area contributed by atoms with Gasteiger partial charge in [-0.15, -0.1) is 0 Å². The first kappa shape index (κ1) is 23.8. The molecule has 152 valence electrons. The fourth-order valence-corrected chi connectivity index (χ4v) is 3.59. The SMILES string of the molecule is [B]C([B])(NC([B])([B])C1(F)CCN(C(=O)c2ccc(F)c(Cl)c2)CC1)c1ncc(C)cn1. The molecule has 2 aromatic rings. The predicted molar refractivity (Wildman–Crippen MR) is 118 cm³/mol. The van der Waals surface area contributed by atoms with Crippen LogP contribution < -0.4 is 5.32 Å². The monoisotopic (exact) mass is 434 g/mol. The minimum atomic E-state index is -2.14. The van der Waals surface area contributed by atoms with E-state index in [1.54, 1.807) is 6.92 Å². The Morgan fingerprint density at radius 3 is 2.32 bits per heavy atom. The number of hydrogen-bond donors (Lipinski definition) is 1. The highest BCUT2D eigenvalue weighted by molar-refractivity contribution is 6.44. The quantitative estimate of drug-likeness (QED) is 0.721. The normalized spacial score (nSPS) is 16.8. The van der Waals surface area contributed by atoms with Crippen LogP contribution in [0.3, 0.4) is 0 Å². The summed E-state index contributed by atoms with van der Waals surface area (Å²) < 4.78 is 29.1. The molecule has 1 saturated heterocycles. The Kier molecular flexibility index (Phi) is 6.59. The molecular weight excluding hydrogens is 417 g/mol. The van der Waals surface area contributed by atoms with Crippen LogP contribution in [0, 0.1) is 12.7 Å². The summed E-state index contributed by atoms with van der Waals surface area (Å²) in [6, 6.07) is 3.65. The van der Waals surface area contributed by atoms with Crippen molar-refractivity contribution in [1.82, 2.24) is 20.2 Å². The molecule has 1 aromatic heterocycles. The zero-order chi connectivity index (χ0) is 23.0. The molecule has 3 rings (SSSR count). The number of rotatable bonds is 5. The van der Waals surface area contributed by atoms with E-state index in [9.17, 15) is 9.18 Å². The van der Waals surface area contributed by atoms with Crippen molar-refractivity contribution in [2.24, 2.45) is 0 Å². The van der Waals surface area contributed by atoms with Crippen molar-refractivity contribution >= 4 is 48.9 Å². The summed E-state index contributed by atoms with van der Waals surface area (Å²) in [4.78, 5) is 22.1. The molecule has 12 heteroatoms. The first-order chi connectivity index (χ1) is 14.3. The summed E-state index contributed by atoms with van der Waals surface area (Å²) in [7, 11) is 24.2. The molecule has 1 amide bonds. The van der Waals surface area contributed by atoms with Crippen LogP contribution in [0.4, 0.5) is 8.78 Å². The molecule has 0 bridgehead atoms. The predicted octanol–water partition coefficient (Wildman–Crippen LogP) is 1.25. The topological polar surface area (TPSA) is 58.1 Å². The van der Waals surface area contributed by atoms with Gasteiger partial charge in [0.05, 0.1) is 36.4 Å². The zero-order valence-corrected chi connectivity index (χ0v) is 17.7. The lowest BCUT2D eigenvalue weighted by Crippen LogP contribution is -2.70. The molecule has 1 aliphatic heterocycles. The Morgan fingerprint density at radius 1 is 1.19 bits per heavy atom. The van der Waals surface area contributed by atoms with Crippen LogP contribution in [-0.4, -0.2) is 76.3 Å². The highest BCUT2D eigenvalue weighted by Crippen LogP contribution is 2.35. The van der Waals surface area contributed by atoms with Crippen molar-refractivity contribution in [3.63, 3.8) is 0 Å². The van der Waals surface area contributed by atoms with Crippen LogP contribution in [-0.2, 0) is 5.34 Å². The molecule has 1 aliphatic rings. The maximum Gasteiger partial charge on any atom is 0.253 e. The molecule has 1 N–H and O–H groups in total. The summed E-state index contributed by atoms with van der Waals surface area (Å²) in [6.07, 6.45) is 2.64. The number of piperidine rings is 1. The molecule has 2 heterocycles. The number of aryl methyl sites for hydroxylation is 1. The van der Waals surface area contributed by atoms with E-state index in [0.29, 0.717) is 0 Å². The standard InChI is InChI=1S/C19H17B4ClF2N4O/c1-11-9-27-16(28-10-11)18(20,21)29-19(22,23)17(26)4-6-30(7-5-17)15(31)12-2-3-14(25)13(24)8-12/h2-3,8-10,29H,4-7H2,1H3. The van der Waals surface area contributed by atoms with Gasteiger partial charge in [0.2, 0.25) is 0 Å². The average molecular weight is 434 g/mol. The number of amides is 1. The third-order valence-electron chi connectivity index (χ3n) is 5.32. The van der Waals surface area contributed by atoms with Gasteiger partial charge in [0, 0.05) is 31.0 Å². The molecule has 31 heavy (non-hydrogen) atoms. The first-order valence-electron chi connectivity index (χ1n) is 9.52. The Labute approximate surface area is 190 Å². The van der Waals surface area contributed by atoms with Gasteiger partial charge in [0.25, 0.3) is 5.91 Å². The maximum atomic E-state index is 15.7. The second kappa shape index (κ2) is 8.58. The largest absolute Gasteiger partial charge is 0.338 e. The van der Waals surface area contributed by atoms with Gasteiger partial charge >= 0.3 is 0 Å². The number of halogens is 3. The van der Waals surface area contributed by atoms with E-state index < -0.39 is 28.1 Å². The summed E-state index contributed by atoms with van der Waals surface area (Å²) >= 11 is 5.74. The van der Waals surface area contributed by atoms with Gasteiger partial charge in [0.15, 0.2) is 0 Å². The molecule has 0 atom stereocenters. The fourth-order valence-electron chi connectivity index (χ4n) is 3.41. The summed E-state index contributed by atoms with van der Waals surface area (Å²) in [6.45, 7) is 1.82. The van der Waals surface area contributed by atoms with Crippen LogP contribution in [0.2, 0.25) is 5.02 Å². The molecule has 1 fully saturated rings. The van der Waals surface area contributed by atoms with Crippen LogP contribution in [0.25, 0.3) is 0 Å². The average Bonchev–Trinajstić information content (AvgIpc) is 2.69. The molecule has 8 radical (unpaired) electrons. The number of benzene rings is 1. The number of likely N-dealkylation sites (tertiary alicyclic amines) is 1. The smallest absolute Gasteiger partial charge is 0.253 e. The van der Waals surface area contributed by atoms with Crippen molar-refractivity contribution in [2.75, 3.05) is 13.1 Å². The number of nitrogens with one attached hydrogen (secondary N) is 1. The minimum Gasteiger partial charge on any atom is -0.338 e. The van der Waals surface area contributed by atoms with E-state index in [4.69, 9.17) is 43.0 Å². The minimum absolute atomic E-state index is 0.0113. The summed E-state index contributed by atoms with van der Waals surface area (Å²) in [5, 5.41) is -1.69. The van der Waals surface area contributed by atoms with E-state index in [2.05, 4.69) is 15.3 Å². The zero-order valence-electron chi connectivity index (χ0n) is 16.9. The number of aromatic nitrogens is 2. The molecule has 0 aliphatic carbocycles. The lowest BCUT2D eigenvalue weighted by molar-refractivity contribution is 0.0277. The second-order valence-corrected chi connectivity index (χ2v) is 8.24. The lowest BCUT2D eigenvalue weighted by Gasteiger charge is -2.50. The number of alkyl halides is 1. The first-order valence-corrected chi connectivity index (χ1v) is 9.90. The Morgan fingerprint density at radius 2 is 1.77 bits per heavy atom. The van der Waals surface area contributed by atoms with Crippen molar-refractivity contribution in [3.8, 4) is 0 Å². The van der Waals surface area contributed by atoms with Crippen LogP contribution in [0.15, 0.2) is 30.6 Å². The van der Waals surface area contributed by atoms with Crippen molar-refractivity contribution in [1.29, 1.82) is 0 Å². The fraction of sp³-hybridized carbons (Fsp3) is 0.421. The van der Waals surface area contributed by atoms with E-state index in [-0.39, 0.29) is 42.3 Å². The van der Waals surface area contributed by atoms with Gasteiger partial charge in [-0.2, -0.15) is 0 Å². The Hall–Kier alpha value is -1.86. The highest BCUT2D eigenvalue weighted by Gasteiger charge is 2.49. The molecule has 0 saturated carbocycles. The summed E-state index contributed by atoms with van der Waals surface area (Å²) in [5.41, 5.74) is -1.16. The van der Waals surface area contributed by atoms with E-state index >= 15 is 4.39 Å². The van der Waals surface area contributed by atoms with Crippen LogP contribution in [0.1, 0.15) is 34.6 Å². The van der Waals surface area contributed by atoms with Gasteiger partial charge in [-0.05, 0) is 54.2 Å². The van der Waals surface area contributed by atoms with Crippen molar-refractivity contribution < 1.29 is 13.6 Å². The number of nitrogens with zero attached hydrogens (tertiary/aromatic N) is 3. The van der Waals surface area contributed by atoms with Crippen LogP contribution >= 0.6 is 11.6 Å². The lowest BCUT2D eigenvalue weighted by atomic mass is 9.48. The van der Waals surface area contributed by atoms with Gasteiger partial charge in [-0.1, -0.05) is 11.6 Å². The van der Waals surface area contributed by atoms with Crippen molar-refractivity contribution in [2.45, 2.75) is 36.1 Å². The third-order valence-corrected chi connectivity index (χ3v) is 5.61. The Bertz CT molecular complexity index is 970.